The van der Waals surface area contributed by atoms with Crippen molar-refractivity contribution in [3.8, 4) is 0 Å². The summed E-state index contributed by atoms with van der Waals surface area (Å²) in [4.78, 5) is 51.4. The molecule has 0 aliphatic carbocycles. The zero-order valence-electron chi connectivity index (χ0n) is 15.3. The van der Waals surface area contributed by atoms with E-state index in [1.54, 1.807) is 11.8 Å². The van der Waals surface area contributed by atoms with E-state index in [1.165, 1.54) is 18.3 Å². The monoisotopic (exact) mass is 389 g/mol. The quantitative estimate of drug-likeness (QED) is 0.477. The highest BCUT2D eigenvalue weighted by Gasteiger charge is 2.37. The van der Waals surface area contributed by atoms with E-state index in [0.717, 1.165) is 17.0 Å². The van der Waals surface area contributed by atoms with E-state index >= 15 is 0 Å². The Labute approximate surface area is 160 Å². The van der Waals surface area contributed by atoms with Gasteiger partial charge in [0.1, 0.15) is 11.4 Å². The number of ether oxygens (including phenoxy) is 1. The highest BCUT2D eigenvalue weighted by atomic mass is 19.1. The van der Waals surface area contributed by atoms with Gasteiger partial charge in [-0.3, -0.25) is 19.7 Å². The molecule has 2 heterocycles. The van der Waals surface area contributed by atoms with Crippen LogP contribution in [0.15, 0.2) is 36.0 Å². The molecule has 0 radical (unpaired) electrons. The largest absolute Gasteiger partial charge is 0.466 e. The molecule has 0 saturated carbocycles. The number of halogens is 1. The molecule has 1 N–H and O–H groups in total. The number of nitrogens with zero attached hydrogens (tertiary/aromatic N) is 2. The topological polar surface area (TPSA) is 96.0 Å². The number of barbiturate groups is 1. The van der Waals surface area contributed by atoms with Crippen molar-refractivity contribution >= 4 is 29.5 Å². The van der Waals surface area contributed by atoms with Gasteiger partial charge in [-0.1, -0.05) is 0 Å². The molecule has 0 aromatic heterocycles. The van der Waals surface area contributed by atoms with E-state index in [9.17, 15) is 23.6 Å². The molecule has 148 valence electrons. The SMILES string of the molecule is CCOC(=O)C1CCN(/C=C2\C(=O)NC(=O)N(c3ccc(F)cc3)C2=O)CC1. The predicted molar refractivity (Wildman–Crippen MR) is 96.4 cm³/mol. The fourth-order valence-electron chi connectivity index (χ4n) is 3.18. The molecule has 2 saturated heterocycles. The van der Waals surface area contributed by atoms with Crippen LogP contribution in [0, 0.1) is 11.7 Å². The summed E-state index contributed by atoms with van der Waals surface area (Å²) in [7, 11) is 0. The normalized spacial score (nSPS) is 19.8. The maximum Gasteiger partial charge on any atom is 0.335 e. The number of nitrogens with one attached hydrogen (secondary N) is 1. The molecule has 8 nitrogen and oxygen atoms in total. The van der Waals surface area contributed by atoms with Crippen LogP contribution in [0.3, 0.4) is 0 Å². The van der Waals surface area contributed by atoms with Crippen LogP contribution < -0.4 is 10.2 Å². The molecule has 1 aromatic rings. The van der Waals surface area contributed by atoms with Crippen LogP contribution >= 0.6 is 0 Å². The van der Waals surface area contributed by atoms with Gasteiger partial charge in [-0.05, 0) is 44.0 Å². The summed E-state index contributed by atoms with van der Waals surface area (Å²) in [6, 6.07) is 3.92. The molecule has 2 aliphatic rings. The molecule has 0 spiro atoms. The highest BCUT2D eigenvalue weighted by molar-refractivity contribution is 6.37. The third kappa shape index (κ3) is 4.03. The summed E-state index contributed by atoms with van der Waals surface area (Å²) in [6.45, 7) is 3.01. The van der Waals surface area contributed by atoms with Gasteiger partial charge in [0, 0.05) is 19.3 Å². The van der Waals surface area contributed by atoms with Crippen molar-refractivity contribution in [3.05, 3.63) is 41.9 Å². The first-order valence-corrected chi connectivity index (χ1v) is 8.98. The van der Waals surface area contributed by atoms with Gasteiger partial charge in [0.2, 0.25) is 0 Å². The number of amides is 4. The number of rotatable bonds is 4. The zero-order valence-corrected chi connectivity index (χ0v) is 15.3. The van der Waals surface area contributed by atoms with Gasteiger partial charge in [0.25, 0.3) is 11.8 Å². The molecule has 4 amide bonds. The van der Waals surface area contributed by atoms with Crippen LogP contribution in [0.25, 0.3) is 0 Å². The van der Waals surface area contributed by atoms with Crippen molar-refractivity contribution < 1.29 is 28.3 Å². The number of urea groups is 1. The lowest BCUT2D eigenvalue weighted by Crippen LogP contribution is -2.55. The minimum Gasteiger partial charge on any atom is -0.466 e. The molecule has 0 atom stereocenters. The van der Waals surface area contributed by atoms with Gasteiger partial charge in [-0.2, -0.15) is 0 Å². The number of imide groups is 2. The minimum atomic E-state index is -0.889. The molecule has 0 unspecified atom stereocenters. The second-order valence-electron chi connectivity index (χ2n) is 6.48. The number of carbonyl (C=O) groups excluding carboxylic acids is 4. The second-order valence-corrected chi connectivity index (χ2v) is 6.48. The van der Waals surface area contributed by atoms with Gasteiger partial charge in [-0.25, -0.2) is 14.1 Å². The van der Waals surface area contributed by atoms with Gasteiger partial charge < -0.3 is 9.64 Å². The van der Waals surface area contributed by atoms with Gasteiger partial charge >= 0.3 is 12.0 Å². The fraction of sp³-hybridized carbons (Fsp3) is 0.368. The van der Waals surface area contributed by atoms with Crippen LogP contribution in [-0.2, 0) is 19.1 Å². The van der Waals surface area contributed by atoms with Gasteiger partial charge in [0.15, 0.2) is 0 Å². The van der Waals surface area contributed by atoms with Crippen molar-refractivity contribution in [1.82, 2.24) is 10.2 Å². The summed E-state index contributed by atoms with van der Waals surface area (Å²) in [5.74, 6) is -2.53. The van der Waals surface area contributed by atoms with Crippen LogP contribution in [0.4, 0.5) is 14.9 Å². The van der Waals surface area contributed by atoms with Crippen molar-refractivity contribution in [2.24, 2.45) is 5.92 Å². The maximum absolute atomic E-state index is 13.1. The number of anilines is 1. The Bertz CT molecular complexity index is 828. The number of hydrogen-bond acceptors (Lipinski definition) is 6. The van der Waals surface area contributed by atoms with Crippen molar-refractivity contribution in [2.45, 2.75) is 19.8 Å². The van der Waals surface area contributed by atoms with Crippen LogP contribution in [0.5, 0.6) is 0 Å². The Kier molecular flexibility index (Phi) is 5.72. The number of likely N-dealkylation sites (tertiary alicyclic amines) is 1. The number of piperidine rings is 1. The van der Waals surface area contributed by atoms with Crippen LogP contribution in [0.1, 0.15) is 19.8 Å². The standard InChI is InChI=1S/C19H20FN3O5/c1-2-28-18(26)12-7-9-22(10-8-12)11-15-16(24)21-19(27)23(17(15)25)14-5-3-13(20)4-6-14/h3-6,11-12H,2,7-10H2,1H3,(H,21,24,27)/b15-11+. The number of benzene rings is 1. The van der Waals surface area contributed by atoms with Crippen molar-refractivity contribution in [1.29, 1.82) is 0 Å². The molecule has 2 fully saturated rings. The van der Waals surface area contributed by atoms with E-state index in [4.69, 9.17) is 4.74 Å². The van der Waals surface area contributed by atoms with E-state index in [1.807, 2.05) is 0 Å². The highest BCUT2D eigenvalue weighted by Crippen LogP contribution is 2.23. The second kappa shape index (κ2) is 8.20. The maximum atomic E-state index is 13.1. The molecular weight excluding hydrogens is 369 g/mol. The molecular formula is C19H20FN3O5. The number of carbonyl (C=O) groups is 4. The zero-order chi connectivity index (χ0) is 20.3. The van der Waals surface area contributed by atoms with Gasteiger partial charge in [0.05, 0.1) is 18.2 Å². The van der Waals surface area contributed by atoms with Crippen molar-refractivity contribution in [3.63, 3.8) is 0 Å². The summed E-state index contributed by atoms with van der Waals surface area (Å²) in [6.07, 6.45) is 2.49. The summed E-state index contributed by atoms with van der Waals surface area (Å²) in [5, 5.41) is 2.12. The first-order valence-electron chi connectivity index (χ1n) is 8.98. The van der Waals surface area contributed by atoms with E-state index in [-0.39, 0.29) is 23.1 Å². The van der Waals surface area contributed by atoms with E-state index in [2.05, 4.69) is 5.32 Å². The number of hydrogen-bond donors (Lipinski definition) is 1. The van der Waals surface area contributed by atoms with Gasteiger partial charge in [-0.15, -0.1) is 0 Å². The summed E-state index contributed by atoms with van der Waals surface area (Å²) < 4.78 is 18.1. The Morgan fingerprint density at radius 3 is 2.46 bits per heavy atom. The molecule has 2 aliphatic heterocycles. The molecule has 28 heavy (non-hydrogen) atoms. The van der Waals surface area contributed by atoms with Crippen LogP contribution in [0.2, 0.25) is 0 Å². The Hall–Kier alpha value is -3.23. The molecule has 1 aromatic carbocycles. The molecule has 9 heteroatoms. The average Bonchev–Trinajstić information content (AvgIpc) is 2.67. The Balaban J connectivity index is 1.75. The Morgan fingerprint density at radius 1 is 1.21 bits per heavy atom. The Morgan fingerprint density at radius 2 is 1.86 bits per heavy atom. The average molecular weight is 389 g/mol. The fourth-order valence-corrected chi connectivity index (χ4v) is 3.18. The number of esters is 1. The predicted octanol–water partition coefficient (Wildman–Crippen LogP) is 1.57. The summed E-state index contributed by atoms with van der Waals surface area (Å²) >= 11 is 0. The minimum absolute atomic E-state index is 0.156. The smallest absolute Gasteiger partial charge is 0.335 e. The summed E-state index contributed by atoms with van der Waals surface area (Å²) in [5.41, 5.74) is -0.0400. The third-order valence-corrected chi connectivity index (χ3v) is 4.65. The van der Waals surface area contributed by atoms with Crippen LogP contribution in [-0.4, -0.2) is 48.4 Å². The molecule has 3 rings (SSSR count). The van der Waals surface area contributed by atoms with E-state index in [0.29, 0.717) is 32.5 Å². The lowest BCUT2D eigenvalue weighted by Gasteiger charge is -2.32. The lowest BCUT2D eigenvalue weighted by atomic mass is 9.97. The molecule has 0 bridgehead atoms. The lowest BCUT2D eigenvalue weighted by molar-refractivity contribution is -0.149. The third-order valence-electron chi connectivity index (χ3n) is 4.65. The first kappa shape index (κ1) is 19.5. The first-order chi connectivity index (χ1) is 13.4. The van der Waals surface area contributed by atoms with Crippen molar-refractivity contribution in [2.75, 3.05) is 24.6 Å². The van der Waals surface area contributed by atoms with E-state index < -0.39 is 23.7 Å².